The third-order valence-corrected chi connectivity index (χ3v) is 15.4. The Hall–Kier alpha value is -11.2. The van der Waals surface area contributed by atoms with Gasteiger partial charge in [0.25, 0.3) is 0 Å². The lowest BCUT2D eigenvalue weighted by Gasteiger charge is -2.31. The highest BCUT2D eigenvalue weighted by atomic mass is 35.5. The molecule has 11 rings (SSSR count). The number of hydrogen-bond acceptors (Lipinski definition) is 20. The average molecular weight is 1440 g/mol. The number of phenolic OH excluding ortho intramolecular Hbond substituents is 4. The fourth-order valence-electron chi connectivity index (χ4n) is 9.96. The minimum absolute atomic E-state index is 0.0537. The van der Waals surface area contributed by atoms with Crippen molar-refractivity contribution in [1.82, 2.24) is 37.2 Å². The van der Waals surface area contributed by atoms with Gasteiger partial charge in [0.15, 0.2) is 17.5 Å². The first-order valence-electron chi connectivity index (χ1n) is 28.3. The van der Waals surface area contributed by atoms with E-state index < -0.39 is 184 Å². The van der Waals surface area contributed by atoms with Gasteiger partial charge in [0.2, 0.25) is 47.1 Å². The van der Waals surface area contributed by atoms with Crippen LogP contribution in [0.2, 0.25) is 10.0 Å². The van der Waals surface area contributed by atoms with Crippen LogP contribution in [-0.2, 0) is 60.9 Å². The van der Waals surface area contributed by atoms with Crippen LogP contribution < -0.4 is 58.2 Å². The number of nitrogens with two attached hydrogens (primary N) is 2. The summed E-state index contributed by atoms with van der Waals surface area (Å²) < 4.78 is 75.8. The van der Waals surface area contributed by atoms with Crippen LogP contribution in [0.15, 0.2) is 103 Å². The molecule has 0 saturated heterocycles. The molecule has 99 heavy (non-hydrogen) atoms. The van der Waals surface area contributed by atoms with Gasteiger partial charge in [0.1, 0.15) is 71.2 Å². The molecule has 6 aromatic rings. The predicted octanol–water partition coefficient (Wildman–Crippen LogP) is 3.32. The van der Waals surface area contributed by atoms with E-state index in [1.54, 1.807) is 24.3 Å². The summed E-state index contributed by atoms with van der Waals surface area (Å²) >= 11 is 13.6. The fourth-order valence-corrected chi connectivity index (χ4v) is 10.4. The lowest BCUT2D eigenvalue weighted by atomic mass is 9.89. The molecule has 0 unspecified atom stereocenters. The summed E-state index contributed by atoms with van der Waals surface area (Å²) in [6.45, 7) is 0.199. The molecule has 7 amide bonds. The average Bonchev–Trinajstić information content (AvgIpc) is 0.768. The molecule has 11 bridgehead atoms. The molecule has 0 aromatic heterocycles. The Morgan fingerprint density at radius 3 is 1.65 bits per heavy atom. The molecule has 526 valence electrons. The van der Waals surface area contributed by atoms with E-state index in [9.17, 15) is 90.9 Å². The summed E-state index contributed by atoms with van der Waals surface area (Å²) in [5.74, 6) is -20.7. The van der Waals surface area contributed by atoms with Crippen LogP contribution in [0.3, 0.4) is 0 Å². The van der Waals surface area contributed by atoms with Gasteiger partial charge in [-0.15, -0.1) is 0 Å². The van der Waals surface area contributed by atoms with Gasteiger partial charge in [0, 0.05) is 29.3 Å². The van der Waals surface area contributed by atoms with Gasteiger partial charge in [0.05, 0.1) is 22.5 Å². The van der Waals surface area contributed by atoms with Crippen molar-refractivity contribution in [2.24, 2.45) is 11.5 Å². The summed E-state index contributed by atoms with van der Waals surface area (Å²) in [6.07, 6.45) is -15.2. The van der Waals surface area contributed by atoms with Crippen molar-refractivity contribution in [1.29, 1.82) is 0 Å². The van der Waals surface area contributed by atoms with Crippen LogP contribution >= 0.6 is 23.2 Å². The molecule has 6 aromatic carbocycles. The van der Waals surface area contributed by atoms with E-state index in [4.69, 9.17) is 63.9 Å². The molecule has 38 heteroatoms. The maximum absolute atomic E-state index is 15.4. The minimum atomic E-state index is -5.08. The van der Waals surface area contributed by atoms with Crippen molar-refractivity contribution < 1.29 is 130 Å². The van der Waals surface area contributed by atoms with E-state index in [2.05, 4.69) is 37.2 Å². The van der Waals surface area contributed by atoms with E-state index in [0.717, 1.165) is 60.2 Å². The smallest absolute Gasteiger partial charge is 0.490 e. The number of phenols is 4. The molecule has 9 atom stereocenters. The van der Waals surface area contributed by atoms with Crippen molar-refractivity contribution in [2.45, 2.75) is 86.2 Å². The Bertz CT molecular complexity index is 4180. The SMILES string of the molecule is CN[C@H](Cc1cccc(CN)c1)C(=O)N[C@H]1C(=O)N[C@@H](CC(N)=O)C(=O)N[C@H]2C(=O)N[C@H]3C(=O)N[C@H](C(=O)N[C@H](C(=O)O)c4cc(O)cc(O)c4-c4cc3ccc4O)[C@H](O)c3ccc(c(Cl)c3)Oc3cc2cc(c3O)Oc2ccc(cc2Cl)[C@H]1O.O=C(O)C(F)(F)F.O=C(O)C(F)(F)F. The predicted molar refractivity (Wildman–Crippen MR) is 326 cm³/mol. The maximum Gasteiger partial charge on any atom is 0.490 e. The highest BCUT2D eigenvalue weighted by molar-refractivity contribution is 6.32. The zero-order valence-corrected chi connectivity index (χ0v) is 51.7. The maximum atomic E-state index is 15.4. The quantitative estimate of drug-likeness (QED) is 0.0923. The molecule has 5 aliphatic rings. The minimum Gasteiger partial charge on any atom is -0.508 e. The van der Waals surface area contributed by atoms with E-state index in [-0.39, 0.29) is 56.8 Å². The van der Waals surface area contributed by atoms with Crippen LogP contribution in [0, 0.1) is 0 Å². The van der Waals surface area contributed by atoms with Crippen LogP contribution in [0.4, 0.5) is 26.3 Å². The second-order valence-corrected chi connectivity index (χ2v) is 22.4. The van der Waals surface area contributed by atoms with Crippen molar-refractivity contribution in [3.63, 3.8) is 0 Å². The first kappa shape index (κ1) is 75.2. The number of aliphatic hydroxyl groups is 2. The lowest BCUT2D eigenvalue weighted by Crippen LogP contribution is -2.59. The number of carboxylic acids is 3. The zero-order valence-electron chi connectivity index (χ0n) is 50.2. The number of amides is 7. The normalized spacial score (nSPS) is 20.2. The van der Waals surface area contributed by atoms with Gasteiger partial charge in [-0.3, -0.25) is 33.6 Å². The second-order valence-electron chi connectivity index (χ2n) is 21.6. The third-order valence-electron chi connectivity index (χ3n) is 14.8. The van der Waals surface area contributed by atoms with Crippen LogP contribution in [0.25, 0.3) is 11.1 Å². The summed E-state index contributed by atoms with van der Waals surface area (Å²) in [7, 11) is 1.47. The number of primary amides is 1. The number of aliphatic carboxylic acids is 3. The van der Waals surface area contributed by atoms with Crippen LogP contribution in [0.5, 0.6) is 46.0 Å². The summed E-state index contributed by atoms with van der Waals surface area (Å²) in [4.78, 5) is 132. The highest BCUT2D eigenvalue weighted by Gasteiger charge is 2.43. The molecule has 30 nitrogen and oxygen atoms in total. The molecule has 0 saturated carbocycles. The number of alkyl halides is 6. The summed E-state index contributed by atoms with van der Waals surface area (Å²) in [5, 5.41) is 111. The highest BCUT2D eigenvalue weighted by Crippen LogP contribution is 2.48. The number of nitrogens with one attached hydrogen (secondary N) is 7. The Morgan fingerprint density at radius 1 is 0.596 bits per heavy atom. The van der Waals surface area contributed by atoms with E-state index in [1.165, 1.54) is 31.3 Å². The molecule has 0 fully saturated rings. The Balaban J connectivity index is 0.000000889. The number of carbonyl (C=O) groups is 10. The molecule has 0 radical (unpaired) electrons. The Kier molecular flexibility index (Phi) is 23.5. The number of ether oxygens (including phenoxy) is 2. The number of hydrogen-bond donors (Lipinski definition) is 18. The topological polar surface area (TPSA) is 507 Å². The van der Waals surface area contributed by atoms with E-state index >= 15 is 9.59 Å². The molecule has 5 aliphatic heterocycles. The van der Waals surface area contributed by atoms with Gasteiger partial charge in [-0.25, -0.2) is 14.4 Å². The van der Waals surface area contributed by atoms with Crippen molar-refractivity contribution in [3.05, 3.63) is 152 Å². The van der Waals surface area contributed by atoms with E-state index in [0.29, 0.717) is 5.56 Å². The van der Waals surface area contributed by atoms with Crippen molar-refractivity contribution in [2.75, 3.05) is 7.05 Å². The third kappa shape index (κ3) is 18.1. The number of fused-ring (bicyclic) bond motifs is 15. The molecule has 0 aliphatic carbocycles. The lowest BCUT2D eigenvalue weighted by molar-refractivity contribution is -0.193. The fraction of sp³-hybridized carbons (Fsp3) is 0.246. The first-order valence-corrected chi connectivity index (χ1v) is 29.0. The number of likely N-dealkylation sites (N-methyl/N-ethyl adjacent to an activating group) is 1. The Labute approximate surface area is 561 Å². The van der Waals surface area contributed by atoms with Crippen LogP contribution in [-0.4, -0.2) is 149 Å². The van der Waals surface area contributed by atoms with Gasteiger partial charge >= 0.3 is 30.3 Å². The molecule has 5 heterocycles. The number of aromatic hydroxyl groups is 4. The van der Waals surface area contributed by atoms with Crippen molar-refractivity contribution >= 4 is 82.5 Å². The number of benzene rings is 6. The number of rotatable bonds is 9. The standard InChI is InChI=1S/C57H53Cl2N9O17.2C2HF3O2/c1-62-33(12-22-3-2-4-23(11-22)21-60)51(76)67-46-48(73)25-6-9-37(31(58)14-25)84-39-16-27-17-40(50(39)75)85-38-10-7-26(15-32(38)59)49(74)47-56(81)66-45(57(82)83)30-18-28(69)19-36(71)42(30)29-13-24(5-8-35(29)70)43(53(78)68-47)65-54(79)44(27)64-52(77)34(20-41(61)72)63-55(46)80;2*3-2(4,5)1(6)7/h2-11,13-19,33-34,43-49,62,69-71,73-75H,12,20-21,60H2,1H3,(H2,61,72)(H,63,80)(H,64,77)(H,65,79)(H,66,81)(H,67,76)(H,68,78)(H,82,83);2*(H,6,7)/t33-,34+,43-,44-,45+,46-,47+,48-,49-;;/m1../s1. The summed E-state index contributed by atoms with van der Waals surface area (Å²) in [6, 6.07) is 7.24. The number of halogens is 8. The molecular formula is C61H55Cl2F6N9O21. The molecular weight excluding hydrogens is 1380 g/mol. The van der Waals surface area contributed by atoms with Crippen LogP contribution in [0.1, 0.15) is 75.7 Å². The van der Waals surface area contributed by atoms with Gasteiger partial charge in [-0.2, -0.15) is 26.3 Å². The number of aliphatic hydroxyl groups excluding tert-OH is 2. The van der Waals surface area contributed by atoms with E-state index in [1.807, 2.05) is 0 Å². The first-order chi connectivity index (χ1) is 46.3. The van der Waals surface area contributed by atoms with Gasteiger partial charge < -0.3 is 104 Å². The Morgan fingerprint density at radius 2 is 1.12 bits per heavy atom. The van der Waals surface area contributed by atoms with Gasteiger partial charge in [-0.1, -0.05) is 65.7 Å². The number of carboxylic acid groups (broad SMARTS) is 3. The van der Waals surface area contributed by atoms with Crippen molar-refractivity contribution in [3.8, 4) is 57.1 Å². The summed E-state index contributed by atoms with van der Waals surface area (Å²) in [5.41, 5.74) is 10.5. The molecule has 0 spiro atoms. The number of carbonyl (C=O) groups excluding carboxylic acids is 7. The zero-order chi connectivity index (χ0) is 73.4. The monoisotopic (exact) mass is 1430 g/mol. The van der Waals surface area contributed by atoms with Gasteiger partial charge in [-0.05, 0) is 101 Å². The molecule has 20 N–H and O–H groups in total. The largest absolute Gasteiger partial charge is 0.508 e. The second kappa shape index (κ2) is 30.9.